The predicted octanol–water partition coefficient (Wildman–Crippen LogP) is 2.07. The second-order valence-corrected chi connectivity index (χ2v) is 5.65. The molecule has 0 atom stereocenters. The van der Waals surface area contributed by atoms with Crippen molar-refractivity contribution in [2.75, 3.05) is 19.7 Å². The summed E-state index contributed by atoms with van der Waals surface area (Å²) in [7, 11) is 0. The lowest BCUT2D eigenvalue weighted by Crippen LogP contribution is -2.48. The third kappa shape index (κ3) is 4.35. The maximum atomic E-state index is 10.6. The Balaban J connectivity index is 1.69. The number of likely N-dealkylation sites (tertiary alicyclic amines) is 1. The van der Waals surface area contributed by atoms with Crippen LogP contribution in [0, 0.1) is 0 Å². The van der Waals surface area contributed by atoms with E-state index in [2.05, 4.69) is 17.1 Å². The summed E-state index contributed by atoms with van der Waals surface area (Å²) in [6.07, 6.45) is 6.25. The Hall–Kier alpha value is -0.810. The lowest BCUT2D eigenvalue weighted by atomic mass is 9.90. The van der Waals surface area contributed by atoms with Crippen LogP contribution in [0.15, 0.2) is 0 Å². The van der Waals surface area contributed by atoms with Crippen molar-refractivity contribution >= 4 is 6.09 Å². The van der Waals surface area contributed by atoms with E-state index in [0.29, 0.717) is 12.1 Å². The van der Waals surface area contributed by atoms with Crippen LogP contribution in [0.4, 0.5) is 4.79 Å². The molecule has 2 fully saturated rings. The molecule has 19 heavy (non-hydrogen) atoms. The molecule has 1 amide bonds. The summed E-state index contributed by atoms with van der Waals surface area (Å²) < 4.78 is 5.69. The topological polar surface area (TPSA) is 61.8 Å². The van der Waals surface area contributed by atoms with Crippen LogP contribution >= 0.6 is 0 Å². The number of piperidine rings is 1. The average Bonchev–Trinajstić information content (AvgIpc) is 2.40. The molecule has 1 saturated carbocycles. The number of nitrogens with one attached hydrogen (secondary N) is 1. The van der Waals surface area contributed by atoms with E-state index in [1.807, 2.05) is 0 Å². The minimum atomic E-state index is -0.893. The van der Waals surface area contributed by atoms with E-state index < -0.39 is 6.09 Å². The fourth-order valence-corrected chi connectivity index (χ4v) is 3.40. The third-order valence-corrected chi connectivity index (χ3v) is 4.42. The summed E-state index contributed by atoms with van der Waals surface area (Å²) in [5.41, 5.74) is 0. The fourth-order valence-electron chi connectivity index (χ4n) is 3.40. The van der Waals surface area contributed by atoms with E-state index in [0.717, 1.165) is 32.5 Å². The maximum absolute atomic E-state index is 10.6. The van der Waals surface area contributed by atoms with Gasteiger partial charge in [0.2, 0.25) is 0 Å². The van der Waals surface area contributed by atoms with Crippen molar-refractivity contribution in [3.05, 3.63) is 0 Å². The van der Waals surface area contributed by atoms with Gasteiger partial charge in [-0.3, -0.25) is 0 Å². The molecule has 0 spiro atoms. The molecule has 5 nitrogen and oxygen atoms in total. The molecule has 1 heterocycles. The van der Waals surface area contributed by atoms with E-state index in [4.69, 9.17) is 9.84 Å². The van der Waals surface area contributed by atoms with Gasteiger partial charge in [0.05, 0.1) is 6.10 Å². The van der Waals surface area contributed by atoms with Crippen LogP contribution in [0.3, 0.4) is 0 Å². The first kappa shape index (κ1) is 14.6. The number of hydrogen-bond acceptors (Lipinski definition) is 3. The van der Waals surface area contributed by atoms with Crippen LogP contribution in [0.25, 0.3) is 0 Å². The first-order valence-electron chi connectivity index (χ1n) is 7.54. The van der Waals surface area contributed by atoms with Gasteiger partial charge in [-0.05, 0) is 45.4 Å². The van der Waals surface area contributed by atoms with Crippen LogP contribution in [-0.4, -0.2) is 54.0 Å². The molecule has 1 saturated heterocycles. The Kier molecular flexibility index (Phi) is 5.45. The molecule has 1 aliphatic carbocycles. The third-order valence-electron chi connectivity index (χ3n) is 4.42. The van der Waals surface area contributed by atoms with E-state index >= 15 is 0 Å². The lowest BCUT2D eigenvalue weighted by Gasteiger charge is -2.40. The second kappa shape index (κ2) is 7.10. The van der Waals surface area contributed by atoms with E-state index in [1.54, 1.807) is 0 Å². The summed E-state index contributed by atoms with van der Waals surface area (Å²) in [4.78, 5) is 13.2. The molecular formula is C14H26N2O3. The summed E-state index contributed by atoms with van der Waals surface area (Å²) in [6.45, 7) is 4.93. The van der Waals surface area contributed by atoms with Gasteiger partial charge in [-0.15, -0.1) is 0 Å². The number of ether oxygens (including phenoxy) is 1. The summed E-state index contributed by atoms with van der Waals surface area (Å²) >= 11 is 0. The van der Waals surface area contributed by atoms with E-state index in [1.165, 1.54) is 25.7 Å². The first-order valence-corrected chi connectivity index (χ1v) is 7.54. The number of carbonyl (C=O) groups is 1. The van der Waals surface area contributed by atoms with Crippen molar-refractivity contribution in [3.63, 3.8) is 0 Å². The molecule has 2 aliphatic rings. The zero-order valence-electron chi connectivity index (χ0n) is 11.8. The largest absolute Gasteiger partial charge is 0.465 e. The van der Waals surface area contributed by atoms with Gasteiger partial charge >= 0.3 is 6.09 Å². The van der Waals surface area contributed by atoms with Crippen molar-refractivity contribution < 1.29 is 14.6 Å². The fraction of sp³-hybridized carbons (Fsp3) is 0.929. The zero-order valence-corrected chi connectivity index (χ0v) is 11.8. The summed E-state index contributed by atoms with van der Waals surface area (Å²) in [5.74, 6) is 0. The van der Waals surface area contributed by atoms with Crippen LogP contribution in [0.2, 0.25) is 0 Å². The van der Waals surface area contributed by atoms with Gasteiger partial charge in [-0.1, -0.05) is 0 Å². The summed E-state index contributed by atoms with van der Waals surface area (Å²) in [5, 5.41) is 11.3. The minimum absolute atomic E-state index is 0.147. The highest BCUT2D eigenvalue weighted by molar-refractivity contribution is 5.64. The SMILES string of the molecule is CCO[C@H]1CC[C@@H](N2CCC(NC(=O)O)CC2)CC1. The van der Waals surface area contributed by atoms with E-state index in [-0.39, 0.29) is 6.04 Å². The van der Waals surface area contributed by atoms with Gasteiger partial charge in [0.25, 0.3) is 0 Å². The second-order valence-electron chi connectivity index (χ2n) is 5.65. The van der Waals surface area contributed by atoms with Gasteiger partial charge in [0.1, 0.15) is 0 Å². The first-order chi connectivity index (χ1) is 9.19. The Bertz CT molecular complexity index is 282. The number of rotatable bonds is 4. The standard InChI is InChI=1S/C14H26N2O3/c1-2-19-13-5-3-12(4-6-13)16-9-7-11(8-10-16)15-14(17)18/h11-13,15H,2-10H2,1H3,(H,17,18)/t12-,13+. The van der Waals surface area contributed by atoms with Crippen molar-refractivity contribution in [2.45, 2.75) is 63.6 Å². The number of nitrogens with zero attached hydrogens (tertiary/aromatic N) is 1. The smallest absolute Gasteiger partial charge is 0.404 e. The van der Waals surface area contributed by atoms with Crippen LogP contribution < -0.4 is 5.32 Å². The molecular weight excluding hydrogens is 244 g/mol. The van der Waals surface area contributed by atoms with Gasteiger partial charge < -0.3 is 20.1 Å². The Morgan fingerprint density at radius 1 is 1.21 bits per heavy atom. The van der Waals surface area contributed by atoms with Crippen molar-refractivity contribution in [3.8, 4) is 0 Å². The van der Waals surface area contributed by atoms with Crippen molar-refractivity contribution in [2.24, 2.45) is 0 Å². The van der Waals surface area contributed by atoms with Gasteiger partial charge in [-0.25, -0.2) is 4.79 Å². The molecule has 0 aromatic carbocycles. The quantitative estimate of drug-likeness (QED) is 0.821. The number of amides is 1. The molecule has 2 N–H and O–H groups in total. The highest BCUT2D eigenvalue weighted by atomic mass is 16.5. The molecule has 0 aromatic rings. The molecule has 5 heteroatoms. The zero-order chi connectivity index (χ0) is 13.7. The van der Waals surface area contributed by atoms with Crippen molar-refractivity contribution in [1.29, 1.82) is 0 Å². The number of carboxylic acid groups (broad SMARTS) is 1. The van der Waals surface area contributed by atoms with Crippen molar-refractivity contribution in [1.82, 2.24) is 10.2 Å². The predicted molar refractivity (Wildman–Crippen MR) is 73.4 cm³/mol. The highest BCUT2D eigenvalue weighted by Crippen LogP contribution is 2.27. The Morgan fingerprint density at radius 3 is 2.37 bits per heavy atom. The highest BCUT2D eigenvalue weighted by Gasteiger charge is 2.29. The van der Waals surface area contributed by atoms with Gasteiger partial charge in [-0.2, -0.15) is 0 Å². The molecule has 0 unspecified atom stereocenters. The Labute approximate surface area is 115 Å². The van der Waals surface area contributed by atoms with Crippen LogP contribution in [-0.2, 0) is 4.74 Å². The van der Waals surface area contributed by atoms with Gasteiger partial charge in [0.15, 0.2) is 0 Å². The molecule has 0 aromatic heterocycles. The lowest BCUT2D eigenvalue weighted by molar-refractivity contribution is 0.00891. The molecule has 1 aliphatic heterocycles. The average molecular weight is 270 g/mol. The van der Waals surface area contributed by atoms with Crippen LogP contribution in [0.1, 0.15) is 45.4 Å². The molecule has 0 radical (unpaired) electrons. The van der Waals surface area contributed by atoms with Gasteiger partial charge in [0, 0.05) is 31.8 Å². The monoisotopic (exact) mass is 270 g/mol. The molecule has 0 bridgehead atoms. The molecule has 110 valence electrons. The van der Waals surface area contributed by atoms with Crippen LogP contribution in [0.5, 0.6) is 0 Å². The minimum Gasteiger partial charge on any atom is -0.465 e. The summed E-state index contributed by atoms with van der Waals surface area (Å²) in [6, 6.07) is 0.830. The Morgan fingerprint density at radius 2 is 1.84 bits per heavy atom. The van der Waals surface area contributed by atoms with E-state index in [9.17, 15) is 4.79 Å². The normalized spacial score (nSPS) is 30.2. The number of hydrogen-bond donors (Lipinski definition) is 2. The molecule has 2 rings (SSSR count). The maximum Gasteiger partial charge on any atom is 0.404 e.